The third-order valence-corrected chi connectivity index (χ3v) is 4.73. The van der Waals surface area contributed by atoms with Gasteiger partial charge < -0.3 is 10.0 Å². The van der Waals surface area contributed by atoms with Gasteiger partial charge in [0.05, 0.1) is 11.8 Å². The molecule has 1 aliphatic rings. The van der Waals surface area contributed by atoms with Crippen LogP contribution >= 0.6 is 0 Å². The highest BCUT2D eigenvalue weighted by Gasteiger charge is 2.23. The molecule has 0 bridgehead atoms. The fourth-order valence-electron chi connectivity index (χ4n) is 3.27. The predicted octanol–water partition coefficient (Wildman–Crippen LogP) is 1.38. The van der Waals surface area contributed by atoms with E-state index in [4.69, 9.17) is 0 Å². The van der Waals surface area contributed by atoms with Gasteiger partial charge in [0, 0.05) is 38.4 Å². The number of hydrogen-bond acceptors (Lipinski definition) is 4. The number of aromatic nitrogens is 2. The van der Waals surface area contributed by atoms with E-state index in [0.29, 0.717) is 26.2 Å². The second kappa shape index (κ2) is 7.80. The summed E-state index contributed by atoms with van der Waals surface area (Å²) in [6, 6.07) is 11.7. The van der Waals surface area contributed by atoms with Crippen molar-refractivity contribution in [1.82, 2.24) is 19.6 Å². The van der Waals surface area contributed by atoms with Crippen LogP contribution in [0.15, 0.2) is 36.4 Å². The second-order valence-corrected chi connectivity index (χ2v) is 6.69. The van der Waals surface area contributed by atoms with Crippen LogP contribution in [0.3, 0.4) is 0 Å². The Kier molecular flexibility index (Phi) is 5.50. The van der Waals surface area contributed by atoms with Crippen molar-refractivity contribution in [3.05, 3.63) is 53.3 Å². The highest BCUT2D eigenvalue weighted by Crippen LogP contribution is 2.15. The van der Waals surface area contributed by atoms with Gasteiger partial charge in [0.15, 0.2) is 0 Å². The normalized spacial score (nSPS) is 16.8. The summed E-state index contributed by atoms with van der Waals surface area (Å²) >= 11 is 0. The Morgan fingerprint density at radius 2 is 1.84 bits per heavy atom. The molecule has 1 fully saturated rings. The molecule has 6 nitrogen and oxygen atoms in total. The van der Waals surface area contributed by atoms with Crippen LogP contribution in [-0.2, 0) is 11.3 Å². The van der Waals surface area contributed by atoms with Gasteiger partial charge in [-0.05, 0) is 25.5 Å². The summed E-state index contributed by atoms with van der Waals surface area (Å²) in [4.78, 5) is 16.6. The second-order valence-electron chi connectivity index (χ2n) is 6.69. The standard InChI is InChI=1S/C19H26N4O2/c1-15-12-16(2)23(20-15)14-19(25)22-10-8-21(9-11-22)13-18(24)17-6-4-3-5-7-17/h3-7,12,18,24H,8-11,13-14H2,1-2H3/t18-/m1/s1. The molecule has 6 heteroatoms. The summed E-state index contributed by atoms with van der Waals surface area (Å²) in [6.45, 7) is 7.76. The molecular weight excluding hydrogens is 316 g/mol. The monoisotopic (exact) mass is 342 g/mol. The van der Waals surface area contributed by atoms with Crippen molar-refractivity contribution >= 4 is 5.91 Å². The van der Waals surface area contributed by atoms with Crippen LogP contribution in [0, 0.1) is 13.8 Å². The van der Waals surface area contributed by atoms with Gasteiger partial charge in [-0.25, -0.2) is 0 Å². The SMILES string of the molecule is Cc1cc(C)n(CC(=O)N2CCN(C[C@@H](O)c3ccccc3)CC2)n1. The number of carbonyl (C=O) groups is 1. The van der Waals surface area contributed by atoms with Gasteiger partial charge in [0.1, 0.15) is 6.54 Å². The molecule has 0 aliphatic carbocycles. The van der Waals surface area contributed by atoms with E-state index in [1.165, 1.54) is 0 Å². The highest BCUT2D eigenvalue weighted by atomic mass is 16.3. The van der Waals surface area contributed by atoms with E-state index >= 15 is 0 Å². The first-order valence-electron chi connectivity index (χ1n) is 8.77. The molecule has 1 N–H and O–H groups in total. The van der Waals surface area contributed by atoms with E-state index in [1.54, 1.807) is 4.68 Å². The summed E-state index contributed by atoms with van der Waals surface area (Å²) in [5.41, 5.74) is 2.88. The quantitative estimate of drug-likeness (QED) is 0.892. The third-order valence-electron chi connectivity index (χ3n) is 4.73. The molecule has 0 spiro atoms. The van der Waals surface area contributed by atoms with Crippen LogP contribution < -0.4 is 0 Å². The van der Waals surface area contributed by atoms with Gasteiger partial charge in [-0.15, -0.1) is 0 Å². The third kappa shape index (κ3) is 4.46. The van der Waals surface area contributed by atoms with Crippen LogP contribution in [0.25, 0.3) is 0 Å². The lowest BCUT2D eigenvalue weighted by Gasteiger charge is -2.35. The molecular formula is C19H26N4O2. The minimum Gasteiger partial charge on any atom is -0.387 e. The van der Waals surface area contributed by atoms with Crippen molar-refractivity contribution in [2.75, 3.05) is 32.7 Å². The first kappa shape index (κ1) is 17.6. The lowest BCUT2D eigenvalue weighted by Crippen LogP contribution is -2.50. The van der Waals surface area contributed by atoms with Crippen LogP contribution in [-0.4, -0.2) is 63.3 Å². The van der Waals surface area contributed by atoms with Crippen LogP contribution in [0.2, 0.25) is 0 Å². The van der Waals surface area contributed by atoms with Crippen molar-refractivity contribution < 1.29 is 9.90 Å². The van der Waals surface area contributed by atoms with E-state index in [9.17, 15) is 9.90 Å². The Morgan fingerprint density at radius 3 is 2.44 bits per heavy atom. The molecule has 2 heterocycles. The van der Waals surface area contributed by atoms with E-state index in [1.807, 2.05) is 55.1 Å². The molecule has 0 saturated carbocycles. The zero-order chi connectivity index (χ0) is 17.8. The number of rotatable bonds is 5. The number of carbonyl (C=O) groups excluding carboxylic acids is 1. The number of aryl methyl sites for hydroxylation is 2. The Labute approximate surface area is 148 Å². The van der Waals surface area contributed by atoms with E-state index < -0.39 is 6.10 Å². The van der Waals surface area contributed by atoms with Gasteiger partial charge in [0.25, 0.3) is 0 Å². The first-order chi connectivity index (χ1) is 12.0. The van der Waals surface area contributed by atoms with Crippen molar-refractivity contribution in [2.24, 2.45) is 0 Å². The molecule has 1 saturated heterocycles. The maximum Gasteiger partial charge on any atom is 0.244 e. The van der Waals surface area contributed by atoms with Crippen molar-refractivity contribution in [3.8, 4) is 0 Å². The van der Waals surface area contributed by atoms with Gasteiger partial charge in [-0.3, -0.25) is 14.4 Å². The average Bonchev–Trinajstić information content (AvgIpc) is 2.93. The van der Waals surface area contributed by atoms with Gasteiger partial charge in [0.2, 0.25) is 5.91 Å². The predicted molar refractivity (Wildman–Crippen MR) is 96.1 cm³/mol. The van der Waals surface area contributed by atoms with Crippen molar-refractivity contribution in [3.63, 3.8) is 0 Å². The smallest absolute Gasteiger partial charge is 0.244 e. The van der Waals surface area contributed by atoms with Crippen molar-refractivity contribution in [2.45, 2.75) is 26.5 Å². The van der Waals surface area contributed by atoms with Crippen LogP contribution in [0.5, 0.6) is 0 Å². The summed E-state index contributed by atoms with van der Waals surface area (Å²) in [5.74, 6) is 0.106. The number of piperazine rings is 1. The maximum atomic E-state index is 12.5. The fourth-order valence-corrected chi connectivity index (χ4v) is 3.27. The van der Waals surface area contributed by atoms with E-state index in [2.05, 4.69) is 10.00 Å². The number of benzene rings is 1. The lowest BCUT2D eigenvalue weighted by atomic mass is 10.1. The molecule has 1 amide bonds. The van der Waals surface area contributed by atoms with E-state index in [0.717, 1.165) is 30.0 Å². The highest BCUT2D eigenvalue weighted by molar-refractivity contribution is 5.76. The molecule has 134 valence electrons. The fraction of sp³-hybridized carbons (Fsp3) is 0.474. The molecule has 1 atom stereocenters. The van der Waals surface area contributed by atoms with Gasteiger partial charge in [-0.2, -0.15) is 5.10 Å². The van der Waals surface area contributed by atoms with Crippen LogP contribution in [0.4, 0.5) is 0 Å². The Balaban J connectivity index is 1.48. The number of hydrogen-bond donors (Lipinski definition) is 1. The molecule has 2 aromatic rings. The number of aliphatic hydroxyl groups excluding tert-OH is 1. The number of aliphatic hydroxyl groups is 1. The van der Waals surface area contributed by atoms with Crippen LogP contribution in [0.1, 0.15) is 23.1 Å². The Hall–Kier alpha value is -2.18. The summed E-state index contributed by atoms with van der Waals surface area (Å²) in [6.07, 6.45) is -0.488. The Bertz CT molecular complexity index is 705. The summed E-state index contributed by atoms with van der Waals surface area (Å²) in [7, 11) is 0. The first-order valence-corrected chi connectivity index (χ1v) is 8.77. The largest absolute Gasteiger partial charge is 0.387 e. The molecule has 0 radical (unpaired) electrons. The maximum absolute atomic E-state index is 12.5. The van der Waals surface area contributed by atoms with Gasteiger partial charge in [-0.1, -0.05) is 30.3 Å². The zero-order valence-corrected chi connectivity index (χ0v) is 14.9. The minimum atomic E-state index is -0.488. The minimum absolute atomic E-state index is 0.106. The molecule has 3 rings (SSSR count). The average molecular weight is 342 g/mol. The van der Waals surface area contributed by atoms with E-state index in [-0.39, 0.29) is 5.91 Å². The van der Waals surface area contributed by atoms with Crippen molar-refractivity contribution in [1.29, 1.82) is 0 Å². The van der Waals surface area contributed by atoms with Gasteiger partial charge >= 0.3 is 0 Å². The lowest BCUT2D eigenvalue weighted by molar-refractivity contribution is -0.134. The zero-order valence-electron chi connectivity index (χ0n) is 14.9. The molecule has 1 aromatic heterocycles. The Morgan fingerprint density at radius 1 is 1.16 bits per heavy atom. The number of β-amino-alcohol motifs (C(OH)–C–C–N with tert-alkyl or cyclic N) is 1. The number of nitrogens with zero attached hydrogens (tertiary/aromatic N) is 4. The molecule has 25 heavy (non-hydrogen) atoms. The number of amides is 1. The summed E-state index contributed by atoms with van der Waals surface area (Å²) < 4.78 is 1.77. The topological polar surface area (TPSA) is 61.6 Å². The molecule has 1 aliphatic heterocycles. The molecule has 0 unspecified atom stereocenters. The summed E-state index contributed by atoms with van der Waals surface area (Å²) in [5, 5.41) is 14.7. The molecule has 1 aromatic carbocycles.